The van der Waals surface area contributed by atoms with Gasteiger partial charge < -0.3 is 10.2 Å². The second-order valence-corrected chi connectivity index (χ2v) is 6.41. The number of likely N-dealkylation sites (tertiary alicyclic amines) is 1. The summed E-state index contributed by atoms with van der Waals surface area (Å²) in [7, 11) is 0. The molecule has 2 aliphatic heterocycles. The second-order valence-electron chi connectivity index (χ2n) is 6.41. The molecule has 7 nitrogen and oxygen atoms in total. The van der Waals surface area contributed by atoms with E-state index in [2.05, 4.69) is 10.6 Å². The maximum atomic E-state index is 12.3. The van der Waals surface area contributed by atoms with Gasteiger partial charge in [0.15, 0.2) is 0 Å². The Hall–Kier alpha value is -1.92. The minimum absolute atomic E-state index is 0.164. The van der Waals surface area contributed by atoms with Crippen molar-refractivity contribution in [2.75, 3.05) is 13.1 Å². The third-order valence-corrected chi connectivity index (χ3v) is 4.59. The number of nitrogens with zero attached hydrogens (tertiary/aromatic N) is 1. The van der Waals surface area contributed by atoms with Gasteiger partial charge in [-0.05, 0) is 32.1 Å². The molecule has 0 aromatic carbocycles. The zero-order valence-electron chi connectivity index (χ0n) is 12.5. The Morgan fingerprint density at radius 1 is 1.09 bits per heavy atom. The molecule has 2 atom stereocenters. The number of rotatable bonds is 3. The molecule has 4 amide bonds. The molecule has 2 heterocycles. The lowest BCUT2D eigenvalue weighted by molar-refractivity contribution is -0.141. The Morgan fingerprint density at radius 2 is 1.86 bits per heavy atom. The molecule has 3 aliphatic rings. The molecule has 120 valence electrons. The van der Waals surface area contributed by atoms with Gasteiger partial charge in [0.25, 0.3) is 0 Å². The molecule has 2 N–H and O–H groups in total. The van der Waals surface area contributed by atoms with E-state index in [1.165, 1.54) is 0 Å². The molecule has 0 radical (unpaired) electrons. The Morgan fingerprint density at radius 3 is 2.55 bits per heavy atom. The van der Waals surface area contributed by atoms with E-state index in [4.69, 9.17) is 0 Å². The number of carbonyl (C=O) groups is 4. The van der Waals surface area contributed by atoms with Gasteiger partial charge in [0, 0.05) is 25.4 Å². The Kier molecular flexibility index (Phi) is 4.13. The number of hydrogen-bond acceptors (Lipinski definition) is 4. The van der Waals surface area contributed by atoms with Gasteiger partial charge in [-0.3, -0.25) is 24.5 Å². The fraction of sp³-hybridized carbons (Fsp3) is 0.733. The van der Waals surface area contributed by atoms with Crippen LogP contribution >= 0.6 is 0 Å². The molecule has 2 unspecified atom stereocenters. The van der Waals surface area contributed by atoms with Gasteiger partial charge in [0.2, 0.25) is 23.6 Å². The highest BCUT2D eigenvalue weighted by atomic mass is 16.2. The summed E-state index contributed by atoms with van der Waals surface area (Å²) in [5.41, 5.74) is 0. The molecule has 1 saturated carbocycles. The van der Waals surface area contributed by atoms with Gasteiger partial charge in [-0.15, -0.1) is 0 Å². The summed E-state index contributed by atoms with van der Waals surface area (Å²) in [6, 6.07) is -0.639. The number of nitrogens with one attached hydrogen (secondary N) is 2. The van der Waals surface area contributed by atoms with Crippen molar-refractivity contribution in [3.63, 3.8) is 0 Å². The molecule has 0 aromatic rings. The summed E-state index contributed by atoms with van der Waals surface area (Å²) in [4.78, 5) is 49.0. The summed E-state index contributed by atoms with van der Waals surface area (Å²) < 4.78 is 0. The van der Waals surface area contributed by atoms with Crippen LogP contribution in [0.4, 0.5) is 0 Å². The van der Waals surface area contributed by atoms with Gasteiger partial charge >= 0.3 is 0 Å². The molecule has 1 aliphatic carbocycles. The summed E-state index contributed by atoms with van der Waals surface area (Å²) in [5.74, 6) is -0.860. The van der Waals surface area contributed by atoms with Crippen molar-refractivity contribution in [3.8, 4) is 0 Å². The smallest absolute Gasteiger partial charge is 0.249 e. The molecule has 0 bridgehead atoms. The predicted molar refractivity (Wildman–Crippen MR) is 76.3 cm³/mol. The lowest BCUT2D eigenvalue weighted by Gasteiger charge is -2.33. The molecule has 0 spiro atoms. The van der Waals surface area contributed by atoms with Gasteiger partial charge in [-0.1, -0.05) is 0 Å². The van der Waals surface area contributed by atoms with E-state index in [0.717, 1.165) is 32.2 Å². The minimum atomic E-state index is -0.639. The van der Waals surface area contributed by atoms with Crippen molar-refractivity contribution in [2.24, 2.45) is 11.8 Å². The summed E-state index contributed by atoms with van der Waals surface area (Å²) in [6.45, 7) is 1.16. The first-order valence-corrected chi connectivity index (χ1v) is 7.97. The third kappa shape index (κ3) is 3.28. The van der Waals surface area contributed by atoms with Gasteiger partial charge in [0.05, 0.1) is 5.92 Å². The number of hydrogen-bond donors (Lipinski definition) is 2. The number of carbonyl (C=O) groups excluding carboxylic acids is 4. The molecule has 3 fully saturated rings. The lowest BCUT2D eigenvalue weighted by atomic mass is 9.95. The predicted octanol–water partition coefficient (Wildman–Crippen LogP) is -0.444. The van der Waals surface area contributed by atoms with Crippen molar-refractivity contribution in [3.05, 3.63) is 0 Å². The van der Waals surface area contributed by atoms with E-state index in [1.54, 1.807) is 4.90 Å². The van der Waals surface area contributed by atoms with Crippen LogP contribution in [0.25, 0.3) is 0 Å². The summed E-state index contributed by atoms with van der Waals surface area (Å²) in [6.07, 6.45) is 4.05. The third-order valence-electron chi connectivity index (χ3n) is 4.59. The molecule has 22 heavy (non-hydrogen) atoms. The SMILES string of the molecule is O=C1CCC(NC(=O)C2CCCN(C(=O)C3CC3)C2)C(=O)N1. The highest BCUT2D eigenvalue weighted by Crippen LogP contribution is 2.32. The molecular formula is C15H21N3O4. The maximum absolute atomic E-state index is 12.3. The molecule has 2 saturated heterocycles. The average Bonchev–Trinajstić information content (AvgIpc) is 3.34. The molecular weight excluding hydrogens is 286 g/mol. The fourth-order valence-corrected chi connectivity index (χ4v) is 3.10. The van der Waals surface area contributed by atoms with Gasteiger partial charge in [-0.2, -0.15) is 0 Å². The van der Waals surface area contributed by atoms with Crippen molar-refractivity contribution in [1.82, 2.24) is 15.5 Å². The van der Waals surface area contributed by atoms with Crippen LogP contribution in [0.1, 0.15) is 38.5 Å². The van der Waals surface area contributed by atoms with Crippen LogP contribution in [-0.4, -0.2) is 47.7 Å². The van der Waals surface area contributed by atoms with Crippen molar-refractivity contribution in [2.45, 2.75) is 44.6 Å². The highest BCUT2D eigenvalue weighted by molar-refractivity contribution is 6.01. The first-order valence-electron chi connectivity index (χ1n) is 7.97. The first kappa shape index (κ1) is 15.0. The number of piperidine rings is 2. The van der Waals surface area contributed by atoms with Crippen LogP contribution < -0.4 is 10.6 Å². The first-order chi connectivity index (χ1) is 10.5. The van der Waals surface area contributed by atoms with E-state index in [-0.39, 0.29) is 36.0 Å². The quantitative estimate of drug-likeness (QED) is 0.691. The minimum Gasteiger partial charge on any atom is -0.344 e. The molecule has 3 rings (SSSR count). The van der Waals surface area contributed by atoms with Crippen LogP contribution in [0.2, 0.25) is 0 Å². The van der Waals surface area contributed by atoms with E-state index in [0.29, 0.717) is 13.0 Å². The Balaban J connectivity index is 1.54. The molecule has 0 aromatic heterocycles. The number of imide groups is 1. The highest BCUT2D eigenvalue weighted by Gasteiger charge is 2.37. The average molecular weight is 307 g/mol. The van der Waals surface area contributed by atoms with Crippen LogP contribution in [0.15, 0.2) is 0 Å². The Bertz CT molecular complexity index is 515. The second kappa shape index (κ2) is 6.06. The molecule has 7 heteroatoms. The van der Waals surface area contributed by atoms with Crippen molar-refractivity contribution < 1.29 is 19.2 Å². The van der Waals surface area contributed by atoms with Crippen LogP contribution in [0.3, 0.4) is 0 Å². The monoisotopic (exact) mass is 307 g/mol. The van der Waals surface area contributed by atoms with E-state index >= 15 is 0 Å². The van der Waals surface area contributed by atoms with Gasteiger partial charge in [-0.25, -0.2) is 0 Å². The van der Waals surface area contributed by atoms with Gasteiger partial charge in [0.1, 0.15) is 6.04 Å². The van der Waals surface area contributed by atoms with Crippen molar-refractivity contribution >= 4 is 23.6 Å². The van der Waals surface area contributed by atoms with Crippen molar-refractivity contribution in [1.29, 1.82) is 0 Å². The standard InChI is InChI=1S/C15H21N3O4/c19-12-6-5-11(14(21)17-12)16-13(20)10-2-1-7-18(8-10)15(22)9-3-4-9/h9-11H,1-8H2,(H,16,20)(H,17,19,21). The lowest BCUT2D eigenvalue weighted by Crippen LogP contribution is -2.55. The van der Waals surface area contributed by atoms with Crippen LogP contribution in [-0.2, 0) is 19.2 Å². The zero-order chi connectivity index (χ0) is 15.7. The maximum Gasteiger partial charge on any atom is 0.249 e. The Labute approximate surface area is 128 Å². The van der Waals surface area contributed by atoms with E-state index in [9.17, 15) is 19.2 Å². The number of amides is 4. The largest absolute Gasteiger partial charge is 0.344 e. The topological polar surface area (TPSA) is 95.6 Å². The van der Waals surface area contributed by atoms with E-state index in [1.807, 2.05) is 0 Å². The zero-order valence-corrected chi connectivity index (χ0v) is 12.5. The van der Waals surface area contributed by atoms with E-state index < -0.39 is 11.9 Å². The summed E-state index contributed by atoms with van der Waals surface area (Å²) in [5, 5.41) is 4.95. The fourth-order valence-electron chi connectivity index (χ4n) is 3.10. The summed E-state index contributed by atoms with van der Waals surface area (Å²) >= 11 is 0. The van der Waals surface area contributed by atoms with Crippen LogP contribution in [0, 0.1) is 11.8 Å². The normalized spacial score (nSPS) is 29.0. The van der Waals surface area contributed by atoms with Crippen LogP contribution in [0.5, 0.6) is 0 Å².